The van der Waals surface area contributed by atoms with E-state index in [0.717, 1.165) is 38.3 Å². The van der Waals surface area contributed by atoms with Gasteiger partial charge in [0.2, 0.25) is 5.91 Å². The Kier molecular flexibility index (Phi) is 4.42. The summed E-state index contributed by atoms with van der Waals surface area (Å²) in [6, 6.07) is 0. The van der Waals surface area contributed by atoms with Crippen molar-refractivity contribution in [1.29, 1.82) is 0 Å². The second kappa shape index (κ2) is 5.91. The predicted molar refractivity (Wildman–Crippen MR) is 76.9 cm³/mol. The van der Waals surface area contributed by atoms with Gasteiger partial charge in [-0.15, -0.1) is 10.2 Å². The van der Waals surface area contributed by atoms with E-state index in [1.54, 1.807) is 6.33 Å². The van der Waals surface area contributed by atoms with Crippen LogP contribution in [-0.2, 0) is 18.4 Å². The van der Waals surface area contributed by atoms with E-state index in [9.17, 15) is 4.79 Å². The number of hydrogen-bond acceptors (Lipinski definition) is 4. The Morgan fingerprint density at radius 2 is 2.25 bits per heavy atom. The molecule has 1 unspecified atom stereocenters. The fourth-order valence-corrected chi connectivity index (χ4v) is 2.54. The smallest absolute Gasteiger partial charge is 0.224 e. The van der Waals surface area contributed by atoms with Crippen LogP contribution in [0.15, 0.2) is 6.33 Å². The first-order valence-corrected chi connectivity index (χ1v) is 7.22. The second-order valence-corrected chi connectivity index (χ2v) is 6.67. The minimum atomic E-state index is -0.164. The Morgan fingerprint density at radius 1 is 1.50 bits per heavy atom. The van der Waals surface area contributed by atoms with Crippen LogP contribution in [0.3, 0.4) is 0 Å². The first-order chi connectivity index (χ1) is 9.35. The van der Waals surface area contributed by atoms with Crippen molar-refractivity contribution in [3.8, 4) is 0 Å². The van der Waals surface area contributed by atoms with Crippen molar-refractivity contribution >= 4 is 5.91 Å². The van der Waals surface area contributed by atoms with E-state index in [-0.39, 0.29) is 17.4 Å². The maximum absolute atomic E-state index is 12.3. The highest BCUT2D eigenvalue weighted by Crippen LogP contribution is 2.19. The lowest BCUT2D eigenvalue weighted by molar-refractivity contribution is -0.128. The predicted octanol–water partition coefficient (Wildman–Crippen LogP) is 0.942. The van der Waals surface area contributed by atoms with E-state index in [0.29, 0.717) is 0 Å². The summed E-state index contributed by atoms with van der Waals surface area (Å²) in [6.07, 6.45) is 3.74. The zero-order chi connectivity index (χ0) is 14.8. The van der Waals surface area contributed by atoms with E-state index in [2.05, 4.69) is 20.4 Å². The van der Waals surface area contributed by atoms with Crippen molar-refractivity contribution in [1.82, 2.24) is 25.0 Å². The minimum Gasteiger partial charge on any atom is -0.351 e. The van der Waals surface area contributed by atoms with Crippen molar-refractivity contribution in [3.63, 3.8) is 0 Å². The molecule has 1 aliphatic heterocycles. The van der Waals surface area contributed by atoms with Gasteiger partial charge in [-0.3, -0.25) is 9.69 Å². The number of likely N-dealkylation sites (tertiary alicyclic amines) is 1. The lowest BCUT2D eigenvalue weighted by Gasteiger charge is -2.33. The van der Waals surface area contributed by atoms with Gasteiger partial charge in [0.25, 0.3) is 0 Å². The second-order valence-electron chi connectivity index (χ2n) is 6.67. The molecule has 0 aliphatic carbocycles. The average molecular weight is 279 g/mol. The maximum atomic E-state index is 12.3. The Hall–Kier alpha value is -1.43. The summed E-state index contributed by atoms with van der Waals surface area (Å²) in [5.74, 6) is 1.19. The van der Waals surface area contributed by atoms with Gasteiger partial charge in [0.15, 0.2) is 0 Å². The van der Waals surface area contributed by atoms with Gasteiger partial charge in [-0.1, -0.05) is 0 Å². The summed E-state index contributed by atoms with van der Waals surface area (Å²) in [7, 11) is 1.95. The fraction of sp³-hybridized carbons (Fsp3) is 0.786. The van der Waals surface area contributed by atoms with Crippen LogP contribution in [0.2, 0.25) is 0 Å². The first-order valence-electron chi connectivity index (χ1n) is 7.22. The molecule has 1 fully saturated rings. The van der Waals surface area contributed by atoms with Crippen LogP contribution in [0.4, 0.5) is 0 Å². The summed E-state index contributed by atoms with van der Waals surface area (Å²) in [5.41, 5.74) is -0.164. The van der Waals surface area contributed by atoms with Crippen LogP contribution in [0.25, 0.3) is 0 Å². The topological polar surface area (TPSA) is 63.1 Å². The van der Waals surface area contributed by atoms with Gasteiger partial charge in [-0.25, -0.2) is 0 Å². The summed E-state index contributed by atoms with van der Waals surface area (Å²) < 4.78 is 1.93. The molecule has 2 heterocycles. The highest BCUT2D eigenvalue weighted by Gasteiger charge is 2.28. The van der Waals surface area contributed by atoms with Crippen LogP contribution in [-0.4, -0.2) is 44.2 Å². The molecule has 0 radical (unpaired) electrons. The monoisotopic (exact) mass is 279 g/mol. The van der Waals surface area contributed by atoms with Gasteiger partial charge in [0.1, 0.15) is 12.2 Å². The van der Waals surface area contributed by atoms with E-state index in [1.165, 1.54) is 0 Å². The zero-order valence-corrected chi connectivity index (χ0v) is 12.9. The van der Waals surface area contributed by atoms with Crippen LogP contribution in [0, 0.1) is 5.92 Å². The number of hydrogen-bond donors (Lipinski definition) is 1. The molecule has 1 saturated heterocycles. The number of carbonyl (C=O) groups is 1. The molecule has 1 aromatic heterocycles. The largest absolute Gasteiger partial charge is 0.351 e. The Morgan fingerprint density at radius 3 is 2.85 bits per heavy atom. The molecule has 6 nitrogen and oxygen atoms in total. The SMILES string of the molecule is Cn1cnnc1CN1CCCC(C(=O)NC(C)(C)C)C1. The third-order valence-corrected chi connectivity index (χ3v) is 3.54. The molecule has 0 aromatic carbocycles. The Labute approximate surface area is 120 Å². The number of piperidine rings is 1. The van der Waals surface area contributed by atoms with Crippen LogP contribution >= 0.6 is 0 Å². The number of rotatable bonds is 3. The first kappa shape index (κ1) is 15.0. The molecular formula is C14H25N5O. The third-order valence-electron chi connectivity index (χ3n) is 3.54. The lowest BCUT2D eigenvalue weighted by Crippen LogP contribution is -2.48. The summed E-state index contributed by atoms with van der Waals surface area (Å²) in [4.78, 5) is 14.5. The van der Waals surface area contributed by atoms with Gasteiger partial charge in [0.05, 0.1) is 12.5 Å². The number of carbonyl (C=O) groups excluding carboxylic acids is 1. The Bertz CT molecular complexity index is 462. The van der Waals surface area contributed by atoms with Crippen LogP contribution < -0.4 is 5.32 Å². The van der Waals surface area contributed by atoms with Crippen LogP contribution in [0.5, 0.6) is 0 Å². The standard InChI is InChI=1S/C14H25N5O/c1-14(2,3)16-13(20)11-6-5-7-19(8-11)9-12-17-15-10-18(12)4/h10-11H,5-9H2,1-4H3,(H,16,20). The molecule has 20 heavy (non-hydrogen) atoms. The Balaban J connectivity index is 1.92. The molecule has 6 heteroatoms. The molecule has 0 saturated carbocycles. The molecule has 1 amide bonds. The molecule has 1 N–H and O–H groups in total. The molecular weight excluding hydrogens is 254 g/mol. The molecule has 1 aromatic rings. The molecule has 112 valence electrons. The van der Waals surface area contributed by atoms with E-state index >= 15 is 0 Å². The fourth-order valence-electron chi connectivity index (χ4n) is 2.54. The lowest BCUT2D eigenvalue weighted by atomic mass is 9.95. The van der Waals surface area contributed by atoms with E-state index in [1.807, 2.05) is 32.4 Å². The van der Waals surface area contributed by atoms with E-state index < -0.39 is 0 Å². The highest BCUT2D eigenvalue weighted by atomic mass is 16.2. The number of aromatic nitrogens is 3. The van der Waals surface area contributed by atoms with Gasteiger partial charge in [-0.05, 0) is 40.2 Å². The maximum Gasteiger partial charge on any atom is 0.224 e. The molecule has 2 rings (SSSR count). The van der Waals surface area contributed by atoms with Crippen molar-refractivity contribution in [2.24, 2.45) is 13.0 Å². The van der Waals surface area contributed by atoms with Crippen molar-refractivity contribution in [2.75, 3.05) is 13.1 Å². The van der Waals surface area contributed by atoms with Gasteiger partial charge < -0.3 is 9.88 Å². The quantitative estimate of drug-likeness (QED) is 0.894. The number of nitrogens with one attached hydrogen (secondary N) is 1. The summed E-state index contributed by atoms with van der Waals surface area (Å²) in [5, 5.41) is 11.1. The molecule has 1 atom stereocenters. The highest BCUT2D eigenvalue weighted by molar-refractivity contribution is 5.79. The number of nitrogens with zero attached hydrogens (tertiary/aromatic N) is 4. The molecule has 1 aliphatic rings. The van der Waals surface area contributed by atoms with Crippen molar-refractivity contribution in [3.05, 3.63) is 12.2 Å². The number of amides is 1. The molecule has 0 bridgehead atoms. The van der Waals surface area contributed by atoms with Gasteiger partial charge in [0, 0.05) is 19.1 Å². The summed E-state index contributed by atoms with van der Waals surface area (Å²) >= 11 is 0. The van der Waals surface area contributed by atoms with E-state index in [4.69, 9.17) is 0 Å². The van der Waals surface area contributed by atoms with Crippen LogP contribution in [0.1, 0.15) is 39.4 Å². The third kappa shape index (κ3) is 4.03. The molecule has 0 spiro atoms. The average Bonchev–Trinajstić information content (AvgIpc) is 2.73. The zero-order valence-electron chi connectivity index (χ0n) is 12.9. The minimum absolute atomic E-state index is 0.0798. The van der Waals surface area contributed by atoms with Crippen molar-refractivity contribution in [2.45, 2.75) is 45.7 Å². The van der Waals surface area contributed by atoms with Gasteiger partial charge in [-0.2, -0.15) is 0 Å². The number of aryl methyl sites for hydroxylation is 1. The van der Waals surface area contributed by atoms with Gasteiger partial charge >= 0.3 is 0 Å². The van der Waals surface area contributed by atoms with Crippen molar-refractivity contribution < 1.29 is 4.79 Å². The normalized spacial score (nSPS) is 20.9. The summed E-state index contributed by atoms with van der Waals surface area (Å²) in [6.45, 7) is 8.64.